The second-order valence-electron chi connectivity index (χ2n) is 7.52. The third-order valence-corrected chi connectivity index (χ3v) is 5.13. The maximum absolute atomic E-state index is 12.6. The molecule has 2 atom stereocenters. The van der Waals surface area contributed by atoms with Gasteiger partial charge >= 0.3 is 11.9 Å². The lowest BCUT2D eigenvalue weighted by molar-refractivity contribution is -0.158. The number of rotatable bonds is 8. The molecule has 2 unspecified atom stereocenters. The van der Waals surface area contributed by atoms with Crippen molar-refractivity contribution in [3.05, 3.63) is 29.8 Å². The minimum atomic E-state index is -0.396. The molecular weight excluding hydrogens is 328 g/mol. The summed E-state index contributed by atoms with van der Waals surface area (Å²) in [6.07, 6.45) is 6.33. The first-order valence-electron chi connectivity index (χ1n) is 10.0. The molecular formula is C22H32O4. The third kappa shape index (κ3) is 5.86. The number of carbonyl (C=O) groups excluding carboxylic acids is 2. The molecule has 0 aliphatic heterocycles. The number of benzene rings is 1. The SMILES string of the molecule is CCCCCOC(=O)C1CCCCC1C(=O)Oc1ccc(C(C)C)cc1. The number of unbranched alkanes of at least 4 members (excludes halogenated alkanes) is 2. The fourth-order valence-electron chi connectivity index (χ4n) is 3.44. The van der Waals surface area contributed by atoms with Crippen LogP contribution in [-0.2, 0) is 14.3 Å². The lowest BCUT2D eigenvalue weighted by Gasteiger charge is -2.28. The predicted molar refractivity (Wildman–Crippen MR) is 102 cm³/mol. The van der Waals surface area contributed by atoms with Crippen LogP contribution in [0.2, 0.25) is 0 Å². The van der Waals surface area contributed by atoms with Crippen molar-refractivity contribution in [2.24, 2.45) is 11.8 Å². The molecule has 2 rings (SSSR count). The summed E-state index contributed by atoms with van der Waals surface area (Å²) < 4.78 is 11.0. The molecule has 0 saturated heterocycles. The van der Waals surface area contributed by atoms with Gasteiger partial charge in [-0.3, -0.25) is 9.59 Å². The molecule has 0 spiro atoms. The van der Waals surface area contributed by atoms with Crippen molar-refractivity contribution in [3.8, 4) is 5.75 Å². The monoisotopic (exact) mass is 360 g/mol. The summed E-state index contributed by atoms with van der Waals surface area (Å²) in [5.41, 5.74) is 1.20. The van der Waals surface area contributed by atoms with E-state index in [0.717, 1.165) is 32.1 Å². The standard InChI is InChI=1S/C22H32O4/c1-4-5-8-15-25-21(23)19-9-6-7-10-20(19)22(24)26-18-13-11-17(12-14-18)16(2)3/h11-14,16,19-20H,4-10,15H2,1-3H3. The Morgan fingerprint density at radius 1 is 1.00 bits per heavy atom. The average Bonchev–Trinajstić information content (AvgIpc) is 2.65. The predicted octanol–water partition coefficient (Wildman–Crippen LogP) is 5.26. The Labute approximate surface area is 157 Å². The molecule has 0 heterocycles. The molecule has 1 aliphatic rings. The summed E-state index contributed by atoms with van der Waals surface area (Å²) in [5.74, 6) is -0.333. The molecule has 0 aromatic heterocycles. The zero-order valence-corrected chi connectivity index (χ0v) is 16.3. The molecule has 4 nitrogen and oxygen atoms in total. The van der Waals surface area contributed by atoms with E-state index in [9.17, 15) is 9.59 Å². The van der Waals surface area contributed by atoms with Crippen molar-refractivity contribution in [2.75, 3.05) is 6.61 Å². The van der Waals surface area contributed by atoms with Crippen LogP contribution < -0.4 is 4.74 Å². The molecule has 0 amide bonds. The minimum Gasteiger partial charge on any atom is -0.465 e. The van der Waals surface area contributed by atoms with Gasteiger partial charge in [-0.25, -0.2) is 0 Å². The molecule has 0 bridgehead atoms. The molecule has 1 saturated carbocycles. The Morgan fingerprint density at radius 2 is 1.62 bits per heavy atom. The Hall–Kier alpha value is -1.84. The highest BCUT2D eigenvalue weighted by atomic mass is 16.5. The Balaban J connectivity index is 1.94. The van der Waals surface area contributed by atoms with Gasteiger partial charge in [0.05, 0.1) is 18.4 Å². The van der Waals surface area contributed by atoms with Crippen LogP contribution in [0.15, 0.2) is 24.3 Å². The Kier molecular flexibility index (Phi) is 8.14. The van der Waals surface area contributed by atoms with Gasteiger partial charge in [0, 0.05) is 0 Å². The molecule has 1 aromatic rings. The van der Waals surface area contributed by atoms with Gasteiger partial charge in [0.1, 0.15) is 5.75 Å². The average molecular weight is 360 g/mol. The van der Waals surface area contributed by atoms with Crippen molar-refractivity contribution in [2.45, 2.75) is 71.6 Å². The van der Waals surface area contributed by atoms with Crippen LogP contribution in [0.5, 0.6) is 5.75 Å². The van der Waals surface area contributed by atoms with Crippen molar-refractivity contribution in [1.82, 2.24) is 0 Å². The van der Waals surface area contributed by atoms with Crippen LogP contribution in [0.25, 0.3) is 0 Å². The maximum atomic E-state index is 12.6. The van der Waals surface area contributed by atoms with Crippen molar-refractivity contribution in [1.29, 1.82) is 0 Å². The number of hydrogen-bond donors (Lipinski definition) is 0. The normalized spacial score (nSPS) is 20.0. The summed E-state index contributed by atoms with van der Waals surface area (Å²) in [6.45, 7) is 6.81. The second kappa shape index (κ2) is 10.3. The van der Waals surface area contributed by atoms with E-state index in [1.165, 1.54) is 5.56 Å². The quantitative estimate of drug-likeness (QED) is 0.361. The van der Waals surface area contributed by atoms with Gasteiger partial charge in [0.2, 0.25) is 0 Å². The van der Waals surface area contributed by atoms with E-state index in [1.54, 1.807) is 0 Å². The minimum absolute atomic E-state index is 0.238. The Morgan fingerprint density at radius 3 is 2.19 bits per heavy atom. The largest absolute Gasteiger partial charge is 0.465 e. The highest BCUT2D eigenvalue weighted by Crippen LogP contribution is 2.32. The van der Waals surface area contributed by atoms with Gasteiger partial charge in [-0.2, -0.15) is 0 Å². The zero-order chi connectivity index (χ0) is 18.9. The number of carbonyl (C=O) groups is 2. The second-order valence-corrected chi connectivity index (χ2v) is 7.52. The summed E-state index contributed by atoms with van der Waals surface area (Å²) in [5, 5.41) is 0. The molecule has 1 fully saturated rings. The molecule has 26 heavy (non-hydrogen) atoms. The number of hydrogen-bond acceptors (Lipinski definition) is 4. The third-order valence-electron chi connectivity index (χ3n) is 5.13. The fourth-order valence-corrected chi connectivity index (χ4v) is 3.44. The van der Waals surface area contributed by atoms with Gasteiger partial charge in [-0.05, 0) is 42.9 Å². The van der Waals surface area contributed by atoms with Crippen LogP contribution in [0.3, 0.4) is 0 Å². The van der Waals surface area contributed by atoms with E-state index in [4.69, 9.17) is 9.47 Å². The molecule has 1 aliphatic carbocycles. The van der Waals surface area contributed by atoms with E-state index in [1.807, 2.05) is 24.3 Å². The van der Waals surface area contributed by atoms with Gasteiger partial charge in [-0.1, -0.05) is 58.6 Å². The lowest BCUT2D eigenvalue weighted by atomic mass is 9.79. The summed E-state index contributed by atoms with van der Waals surface area (Å²) in [7, 11) is 0. The summed E-state index contributed by atoms with van der Waals surface area (Å²) in [6, 6.07) is 7.61. The van der Waals surface area contributed by atoms with Gasteiger partial charge < -0.3 is 9.47 Å². The maximum Gasteiger partial charge on any atom is 0.315 e. The smallest absolute Gasteiger partial charge is 0.315 e. The summed E-state index contributed by atoms with van der Waals surface area (Å²) in [4.78, 5) is 25.1. The summed E-state index contributed by atoms with van der Waals surface area (Å²) >= 11 is 0. The van der Waals surface area contributed by atoms with Crippen LogP contribution >= 0.6 is 0 Å². The molecule has 0 radical (unpaired) electrons. The first-order valence-corrected chi connectivity index (χ1v) is 10.0. The first-order chi connectivity index (χ1) is 12.5. The van der Waals surface area contributed by atoms with Crippen molar-refractivity contribution >= 4 is 11.9 Å². The van der Waals surface area contributed by atoms with E-state index in [2.05, 4.69) is 20.8 Å². The number of esters is 2. The van der Waals surface area contributed by atoms with E-state index < -0.39 is 5.92 Å². The van der Waals surface area contributed by atoms with Gasteiger partial charge in [0.25, 0.3) is 0 Å². The number of ether oxygens (including phenoxy) is 2. The molecule has 0 N–H and O–H groups in total. The molecule has 4 heteroatoms. The zero-order valence-electron chi connectivity index (χ0n) is 16.3. The van der Waals surface area contributed by atoms with Gasteiger partial charge in [-0.15, -0.1) is 0 Å². The van der Waals surface area contributed by atoms with Crippen LogP contribution in [0.1, 0.15) is 77.2 Å². The van der Waals surface area contributed by atoms with Crippen molar-refractivity contribution < 1.29 is 19.1 Å². The Bertz CT molecular complexity index is 576. The molecule has 1 aromatic carbocycles. The van der Waals surface area contributed by atoms with E-state index >= 15 is 0 Å². The van der Waals surface area contributed by atoms with E-state index in [-0.39, 0.29) is 17.9 Å². The molecule has 144 valence electrons. The fraction of sp³-hybridized carbons (Fsp3) is 0.636. The van der Waals surface area contributed by atoms with Crippen molar-refractivity contribution in [3.63, 3.8) is 0 Å². The first kappa shape index (κ1) is 20.5. The topological polar surface area (TPSA) is 52.6 Å². The van der Waals surface area contributed by atoms with Gasteiger partial charge in [0.15, 0.2) is 0 Å². The lowest BCUT2D eigenvalue weighted by Crippen LogP contribution is -2.36. The van der Waals surface area contributed by atoms with Crippen LogP contribution in [0, 0.1) is 11.8 Å². The van der Waals surface area contributed by atoms with Crippen LogP contribution in [0.4, 0.5) is 0 Å². The highest BCUT2D eigenvalue weighted by molar-refractivity contribution is 5.83. The van der Waals surface area contributed by atoms with Crippen LogP contribution in [-0.4, -0.2) is 18.5 Å². The van der Waals surface area contributed by atoms with E-state index in [0.29, 0.717) is 31.1 Å². The highest BCUT2D eigenvalue weighted by Gasteiger charge is 2.38.